The fraction of sp³-hybridized carbons (Fsp3) is 0.214. The molecular formula is C28H23N5O3. The predicted molar refractivity (Wildman–Crippen MR) is 136 cm³/mol. The van der Waals surface area contributed by atoms with Gasteiger partial charge >= 0.3 is 0 Å². The second-order valence-electron chi connectivity index (χ2n) is 9.90. The van der Waals surface area contributed by atoms with Crippen LogP contribution in [0.5, 0.6) is 0 Å². The highest BCUT2D eigenvalue weighted by atomic mass is 16.2. The number of carbonyl (C=O) groups excluding carboxylic acids is 3. The fourth-order valence-corrected chi connectivity index (χ4v) is 6.08. The number of pyridine rings is 1. The van der Waals surface area contributed by atoms with E-state index in [2.05, 4.69) is 15.6 Å². The predicted octanol–water partition coefficient (Wildman–Crippen LogP) is 3.18. The Kier molecular flexibility index (Phi) is 4.22. The molecule has 1 aliphatic carbocycles. The van der Waals surface area contributed by atoms with E-state index in [1.807, 2.05) is 59.3 Å². The molecule has 0 radical (unpaired) electrons. The summed E-state index contributed by atoms with van der Waals surface area (Å²) in [5.41, 5.74) is 5.94. The lowest BCUT2D eigenvalue weighted by Gasteiger charge is -2.23. The van der Waals surface area contributed by atoms with Crippen LogP contribution in [0.4, 0.5) is 17.2 Å². The first-order valence-electron chi connectivity index (χ1n) is 12.0. The summed E-state index contributed by atoms with van der Waals surface area (Å²) >= 11 is 0. The smallest absolute Gasteiger partial charge is 0.244 e. The summed E-state index contributed by atoms with van der Waals surface area (Å²) in [5.74, 6) is 0.516. The third kappa shape index (κ3) is 2.87. The van der Waals surface area contributed by atoms with Gasteiger partial charge in [0.05, 0.1) is 23.0 Å². The topological polar surface area (TPSA) is 96.3 Å². The molecule has 178 valence electrons. The number of anilines is 3. The van der Waals surface area contributed by atoms with Crippen LogP contribution in [0.3, 0.4) is 0 Å². The molecule has 0 unspecified atom stereocenters. The number of amides is 3. The van der Waals surface area contributed by atoms with Gasteiger partial charge in [-0.25, -0.2) is 4.98 Å². The molecule has 2 aliphatic heterocycles. The molecule has 8 heteroatoms. The van der Waals surface area contributed by atoms with Crippen LogP contribution in [0, 0.1) is 0 Å². The van der Waals surface area contributed by atoms with Gasteiger partial charge in [0.2, 0.25) is 17.7 Å². The minimum atomic E-state index is -0.635. The molecule has 2 aromatic heterocycles. The van der Waals surface area contributed by atoms with Crippen molar-refractivity contribution in [3.8, 4) is 0 Å². The molecule has 0 fully saturated rings. The highest BCUT2D eigenvalue weighted by Gasteiger charge is 2.51. The zero-order valence-electron chi connectivity index (χ0n) is 19.7. The summed E-state index contributed by atoms with van der Waals surface area (Å²) in [6.07, 6.45) is 5.13. The van der Waals surface area contributed by atoms with Crippen LogP contribution in [0.25, 0.3) is 10.9 Å². The molecule has 7 rings (SSSR count). The Bertz CT molecular complexity index is 1640. The molecule has 0 saturated carbocycles. The van der Waals surface area contributed by atoms with E-state index in [1.54, 1.807) is 18.1 Å². The van der Waals surface area contributed by atoms with Crippen molar-refractivity contribution < 1.29 is 14.4 Å². The lowest BCUT2D eigenvalue weighted by molar-refractivity contribution is -0.120. The van der Waals surface area contributed by atoms with Crippen LogP contribution >= 0.6 is 0 Å². The van der Waals surface area contributed by atoms with E-state index in [4.69, 9.17) is 0 Å². The number of benzene rings is 2. The van der Waals surface area contributed by atoms with Crippen LogP contribution in [0.15, 0.2) is 60.9 Å². The lowest BCUT2D eigenvalue weighted by Crippen LogP contribution is -2.35. The van der Waals surface area contributed by atoms with Crippen molar-refractivity contribution in [3.63, 3.8) is 0 Å². The molecule has 0 bridgehead atoms. The van der Waals surface area contributed by atoms with Gasteiger partial charge in [0.25, 0.3) is 0 Å². The highest BCUT2D eigenvalue weighted by Crippen LogP contribution is 2.47. The fourth-order valence-electron chi connectivity index (χ4n) is 6.08. The summed E-state index contributed by atoms with van der Waals surface area (Å²) in [5, 5.41) is 6.97. The van der Waals surface area contributed by atoms with E-state index in [-0.39, 0.29) is 24.3 Å². The Hall–Kier alpha value is -4.46. The zero-order valence-corrected chi connectivity index (χ0v) is 19.7. The van der Waals surface area contributed by atoms with E-state index in [9.17, 15) is 14.4 Å². The van der Waals surface area contributed by atoms with Gasteiger partial charge in [0, 0.05) is 36.1 Å². The van der Waals surface area contributed by atoms with Gasteiger partial charge in [0.1, 0.15) is 12.4 Å². The maximum atomic E-state index is 13.0. The molecule has 4 heterocycles. The molecule has 1 atom stereocenters. The van der Waals surface area contributed by atoms with Gasteiger partial charge in [-0.2, -0.15) is 0 Å². The van der Waals surface area contributed by atoms with Gasteiger partial charge in [-0.1, -0.05) is 18.2 Å². The Labute approximate surface area is 206 Å². The third-order valence-electron chi connectivity index (χ3n) is 7.82. The van der Waals surface area contributed by atoms with Crippen LogP contribution in [-0.2, 0) is 45.6 Å². The van der Waals surface area contributed by atoms with Crippen LogP contribution < -0.4 is 15.5 Å². The second kappa shape index (κ2) is 7.27. The van der Waals surface area contributed by atoms with E-state index >= 15 is 0 Å². The summed E-state index contributed by atoms with van der Waals surface area (Å²) in [6.45, 7) is 0.139. The Balaban J connectivity index is 1.13. The van der Waals surface area contributed by atoms with Crippen molar-refractivity contribution in [2.24, 2.45) is 0 Å². The van der Waals surface area contributed by atoms with Gasteiger partial charge in [-0.15, -0.1) is 0 Å². The van der Waals surface area contributed by atoms with Gasteiger partial charge in [0.15, 0.2) is 0 Å². The maximum absolute atomic E-state index is 13.0. The minimum Gasteiger partial charge on any atom is -0.338 e. The molecule has 0 saturated heterocycles. The Morgan fingerprint density at radius 1 is 1.08 bits per heavy atom. The number of aromatic nitrogens is 2. The van der Waals surface area contributed by atoms with Crippen molar-refractivity contribution in [1.82, 2.24) is 9.55 Å². The second-order valence-corrected chi connectivity index (χ2v) is 9.90. The third-order valence-corrected chi connectivity index (χ3v) is 7.82. The summed E-state index contributed by atoms with van der Waals surface area (Å²) in [7, 11) is 1.78. The number of nitrogens with one attached hydrogen (secondary N) is 2. The van der Waals surface area contributed by atoms with E-state index in [0.29, 0.717) is 30.8 Å². The molecule has 1 spiro atoms. The SMILES string of the molecule is CN1C(=O)Cc2cn(CC(=O)Nc3ccc4c(c3)C[C@]3(C4)C(=O)Nc4ncccc43)c3cccc1c23. The Morgan fingerprint density at radius 3 is 2.83 bits per heavy atom. The molecular weight excluding hydrogens is 454 g/mol. The number of hydrogen-bond donors (Lipinski definition) is 2. The average molecular weight is 478 g/mol. The first-order chi connectivity index (χ1) is 17.4. The van der Waals surface area contributed by atoms with Crippen molar-refractivity contribution in [1.29, 1.82) is 0 Å². The summed E-state index contributed by atoms with van der Waals surface area (Å²) in [6, 6.07) is 15.5. The molecule has 3 aliphatic rings. The lowest BCUT2D eigenvalue weighted by atomic mass is 9.79. The van der Waals surface area contributed by atoms with E-state index in [0.717, 1.165) is 38.8 Å². The monoisotopic (exact) mass is 477 g/mol. The van der Waals surface area contributed by atoms with Gasteiger partial charge in [-0.3, -0.25) is 14.4 Å². The number of likely N-dealkylation sites (N-methyl/N-ethyl adjacent to an activating group) is 1. The molecule has 4 aromatic rings. The number of rotatable bonds is 3. The molecule has 8 nitrogen and oxygen atoms in total. The maximum Gasteiger partial charge on any atom is 0.244 e. The zero-order chi connectivity index (χ0) is 24.6. The first kappa shape index (κ1) is 20.9. The van der Waals surface area contributed by atoms with Crippen LogP contribution in [-0.4, -0.2) is 34.3 Å². The number of nitrogens with zero attached hydrogens (tertiary/aromatic N) is 3. The van der Waals surface area contributed by atoms with Crippen molar-refractivity contribution in [3.05, 3.63) is 83.2 Å². The molecule has 2 N–H and O–H groups in total. The standard InChI is InChI=1S/C28H23N5O3/c1-32-21-5-2-6-22-25(21)18(11-24(32)35)14-33(22)15-23(34)30-19-8-7-16-12-28(13-17(16)10-19)20-4-3-9-29-26(20)31-27(28)36/h2-10,14H,11-13,15H2,1H3,(H,30,34)(H,29,31,36)/t28-/m0/s1. The molecule has 36 heavy (non-hydrogen) atoms. The summed E-state index contributed by atoms with van der Waals surface area (Å²) in [4.78, 5) is 44.3. The van der Waals surface area contributed by atoms with Crippen molar-refractivity contribution >= 4 is 45.8 Å². The van der Waals surface area contributed by atoms with Crippen molar-refractivity contribution in [2.75, 3.05) is 22.6 Å². The quantitative estimate of drug-likeness (QED) is 0.474. The number of carbonyl (C=O) groups is 3. The number of fused-ring (bicyclic) bond motifs is 3. The number of hydrogen-bond acceptors (Lipinski definition) is 4. The van der Waals surface area contributed by atoms with Crippen molar-refractivity contribution in [2.45, 2.75) is 31.2 Å². The Morgan fingerprint density at radius 2 is 1.94 bits per heavy atom. The van der Waals surface area contributed by atoms with E-state index < -0.39 is 5.41 Å². The summed E-state index contributed by atoms with van der Waals surface area (Å²) < 4.78 is 1.91. The van der Waals surface area contributed by atoms with Gasteiger partial charge < -0.3 is 20.1 Å². The van der Waals surface area contributed by atoms with Gasteiger partial charge in [-0.05, 0) is 59.9 Å². The van der Waals surface area contributed by atoms with E-state index in [1.165, 1.54) is 0 Å². The highest BCUT2D eigenvalue weighted by molar-refractivity contribution is 6.10. The first-order valence-corrected chi connectivity index (χ1v) is 12.0. The largest absolute Gasteiger partial charge is 0.338 e. The molecule has 3 amide bonds. The van der Waals surface area contributed by atoms with Crippen LogP contribution in [0.1, 0.15) is 22.3 Å². The normalized spacial score (nSPS) is 19.5. The van der Waals surface area contributed by atoms with Crippen LogP contribution in [0.2, 0.25) is 0 Å². The minimum absolute atomic E-state index is 0.0193. The average Bonchev–Trinajstić information content (AvgIpc) is 3.50. The molecule has 2 aromatic carbocycles.